The zero-order chi connectivity index (χ0) is 8.10. The molecule has 1 aliphatic rings. The first kappa shape index (κ1) is 8.97. The van der Waals surface area contributed by atoms with Gasteiger partial charge in [-0.1, -0.05) is 0 Å². The lowest BCUT2D eigenvalue weighted by molar-refractivity contribution is 0.0743. The van der Waals surface area contributed by atoms with Crippen molar-refractivity contribution in [2.24, 2.45) is 0 Å². The second kappa shape index (κ2) is 4.70. The molecule has 0 bridgehead atoms. The van der Waals surface area contributed by atoms with Crippen molar-refractivity contribution >= 4 is 0 Å². The highest BCUT2D eigenvalue weighted by molar-refractivity contribution is 4.64. The molecule has 1 atom stereocenters. The van der Waals surface area contributed by atoms with Crippen LogP contribution in [-0.2, 0) is 4.74 Å². The second-order valence-electron chi connectivity index (χ2n) is 3.04. The van der Waals surface area contributed by atoms with E-state index in [2.05, 4.69) is 11.8 Å². The predicted octanol–water partition coefficient (Wildman–Crippen LogP) is 0.335. The molecule has 0 amide bonds. The lowest BCUT2D eigenvalue weighted by Gasteiger charge is -2.16. The molecular weight excluding hydrogens is 142 g/mol. The monoisotopic (exact) mass is 161 g/mol. The summed E-state index contributed by atoms with van der Waals surface area (Å²) in [7, 11) is 0. The Kier molecular flexibility index (Phi) is 3.83. The van der Waals surface area contributed by atoms with Gasteiger partial charge in [-0.3, -0.25) is 4.90 Å². The molecule has 0 aromatic heterocycles. The molecule has 1 fully saturated rings. The quantitative estimate of drug-likeness (QED) is 0.633. The second-order valence-corrected chi connectivity index (χ2v) is 3.04. The molecule has 68 valence electrons. The fourth-order valence-corrected chi connectivity index (χ4v) is 1.31. The lowest BCUT2D eigenvalue weighted by atomic mass is 10.3. The summed E-state index contributed by atoms with van der Waals surface area (Å²) >= 11 is 0. The first-order valence-electron chi connectivity index (χ1n) is 4.27. The van der Waals surface area contributed by atoms with E-state index in [1.54, 1.807) is 0 Å². The van der Waals surface area contributed by atoms with E-state index in [0.717, 1.165) is 32.7 Å². The average molecular weight is 161 g/mol. The van der Waals surface area contributed by atoms with Gasteiger partial charge in [0.1, 0.15) is 0 Å². The van der Waals surface area contributed by atoms with Gasteiger partial charge in [-0.25, -0.2) is 0 Å². The summed E-state index contributed by atoms with van der Waals surface area (Å²) in [4.78, 5) is 2.24. The van der Waals surface area contributed by atoms with Crippen molar-refractivity contribution in [3.05, 3.63) is 0 Å². The highest BCUT2D eigenvalue weighted by Crippen LogP contribution is 2.04. The Morgan fingerprint density at radius 3 is 3.18 bits per heavy atom. The Morgan fingerprint density at radius 2 is 2.45 bits per heavy atom. The number of β-amino-alcohol motifs (C(OH)–C–C–N with tert-alkyl or cyclic N) is 1. The third-order valence-corrected chi connectivity index (χ3v) is 2.08. The maximum absolute atomic E-state index is 8.69. The highest BCUT2D eigenvalue weighted by Gasteiger charge is 2.12. The number of ether oxygens (including phenoxy) is 1. The summed E-state index contributed by atoms with van der Waals surface area (Å²) in [5, 5.41) is 8.69. The molecule has 1 rings (SSSR count). The van der Waals surface area contributed by atoms with Crippen LogP contribution in [0.25, 0.3) is 0 Å². The first-order valence-corrected chi connectivity index (χ1v) is 4.27. The Labute approximate surface area is 69.4 Å². The van der Waals surface area contributed by atoms with Crippen LogP contribution >= 0.6 is 0 Å². The van der Waals surface area contributed by atoms with Crippen LogP contribution in [0.4, 0.5) is 0 Å². The van der Waals surface area contributed by atoms with E-state index < -0.39 is 0 Å². The molecule has 0 aromatic rings. The van der Waals surface area contributed by atoms with Crippen molar-refractivity contribution in [3.63, 3.8) is 0 Å². The molecule has 1 unspecified atom stereocenters. The Balaban J connectivity index is 0.00000121. The van der Waals surface area contributed by atoms with Crippen molar-refractivity contribution in [2.45, 2.75) is 19.4 Å². The van der Waals surface area contributed by atoms with Gasteiger partial charge in [0.2, 0.25) is 0 Å². The van der Waals surface area contributed by atoms with Gasteiger partial charge in [-0.2, -0.15) is 0 Å². The maximum Gasteiger partial charge on any atom is 0.0597 e. The summed E-state index contributed by atoms with van der Waals surface area (Å²) in [5.74, 6) is 0. The Morgan fingerprint density at radius 1 is 1.64 bits per heavy atom. The van der Waals surface area contributed by atoms with Crippen LogP contribution < -0.4 is 0 Å². The largest absolute Gasteiger partial charge is 0.395 e. The van der Waals surface area contributed by atoms with Gasteiger partial charge >= 0.3 is 0 Å². The summed E-state index contributed by atoms with van der Waals surface area (Å²) in [6.07, 6.45) is 1.47. The van der Waals surface area contributed by atoms with Crippen molar-refractivity contribution in [1.29, 1.82) is 0 Å². The number of aliphatic hydroxyl groups excluding tert-OH is 1. The summed E-state index contributed by atoms with van der Waals surface area (Å²) in [6.45, 7) is 5.97. The van der Waals surface area contributed by atoms with Crippen molar-refractivity contribution in [3.8, 4) is 0 Å². The Bertz CT molecular complexity index is 113. The third-order valence-electron chi connectivity index (χ3n) is 2.08. The minimum absolute atomic E-state index is 0. The van der Waals surface area contributed by atoms with E-state index in [0.29, 0.717) is 6.10 Å². The van der Waals surface area contributed by atoms with Gasteiger partial charge in [0.05, 0.1) is 19.3 Å². The zero-order valence-electron chi connectivity index (χ0n) is 7.12. The molecule has 1 N–H and O–H groups in total. The fraction of sp³-hybridized carbons (Fsp3) is 1.00. The molecule has 1 aliphatic heterocycles. The third kappa shape index (κ3) is 3.18. The van der Waals surface area contributed by atoms with Crippen LogP contribution in [0.3, 0.4) is 0 Å². The van der Waals surface area contributed by atoms with E-state index in [1.807, 2.05) is 0 Å². The molecule has 0 aromatic carbocycles. The van der Waals surface area contributed by atoms with E-state index in [4.69, 9.17) is 9.84 Å². The van der Waals surface area contributed by atoms with Crippen LogP contribution in [0.1, 0.15) is 14.8 Å². The van der Waals surface area contributed by atoms with Crippen LogP contribution in [0.5, 0.6) is 0 Å². The molecule has 3 heteroatoms. The number of hydrogen-bond donors (Lipinski definition) is 1. The maximum atomic E-state index is 8.69. The van der Waals surface area contributed by atoms with Crippen LogP contribution in [0, 0.1) is 0 Å². The zero-order valence-corrected chi connectivity index (χ0v) is 7.12. The minimum atomic E-state index is 0. The number of rotatable bonds is 2. The highest BCUT2D eigenvalue weighted by atomic mass is 16.5. The number of aliphatic hydroxyl groups is 1. The van der Waals surface area contributed by atoms with Crippen LogP contribution in [0.15, 0.2) is 0 Å². The molecule has 1 saturated heterocycles. The van der Waals surface area contributed by atoms with Gasteiger partial charge < -0.3 is 9.84 Å². The summed E-state index contributed by atoms with van der Waals surface area (Å²) < 4.78 is 5.46. The molecule has 0 saturated carbocycles. The Hall–Kier alpha value is -0.120. The molecule has 0 aliphatic carbocycles. The summed E-state index contributed by atoms with van der Waals surface area (Å²) in [6, 6.07) is 0. The van der Waals surface area contributed by atoms with Crippen molar-refractivity contribution in [1.82, 2.24) is 4.90 Å². The molecule has 1 heterocycles. The van der Waals surface area contributed by atoms with E-state index in [9.17, 15) is 0 Å². The van der Waals surface area contributed by atoms with Crippen molar-refractivity contribution in [2.75, 3.05) is 32.8 Å². The van der Waals surface area contributed by atoms with E-state index >= 15 is 0 Å². The van der Waals surface area contributed by atoms with Gasteiger partial charge in [0.25, 0.3) is 0 Å². The fourth-order valence-electron chi connectivity index (χ4n) is 1.31. The van der Waals surface area contributed by atoms with Gasteiger partial charge in [-0.15, -0.1) is 0 Å². The van der Waals surface area contributed by atoms with E-state index in [-0.39, 0.29) is 8.03 Å². The number of nitrogens with zero attached hydrogens (tertiary/aromatic N) is 1. The van der Waals surface area contributed by atoms with Crippen LogP contribution in [0.2, 0.25) is 0 Å². The van der Waals surface area contributed by atoms with Gasteiger partial charge in [0, 0.05) is 21.1 Å². The van der Waals surface area contributed by atoms with E-state index in [1.165, 1.54) is 0 Å². The first-order chi connectivity index (χ1) is 5.33. The summed E-state index contributed by atoms with van der Waals surface area (Å²) in [5.41, 5.74) is 0. The average Bonchev–Trinajstić information content (AvgIpc) is 2.17. The molecule has 11 heavy (non-hydrogen) atoms. The molecule has 0 radical (unpaired) electrons. The minimum Gasteiger partial charge on any atom is -0.395 e. The smallest absolute Gasteiger partial charge is 0.0597 e. The number of hydrogen-bond acceptors (Lipinski definition) is 3. The molecule has 0 spiro atoms. The predicted molar refractivity (Wildman–Crippen MR) is 45.7 cm³/mol. The standard InChI is InChI=1S/C8H17NO2.H2/c1-8-2-3-9(4-6-10)5-7-11-8;/h8,10H,2-7H2,1H3;1H. The topological polar surface area (TPSA) is 32.7 Å². The lowest BCUT2D eigenvalue weighted by Crippen LogP contribution is -2.29. The molecular formula is C8H19NO2. The normalized spacial score (nSPS) is 28.4. The molecule has 3 nitrogen and oxygen atoms in total. The van der Waals surface area contributed by atoms with Gasteiger partial charge in [0.15, 0.2) is 0 Å². The SMILES string of the molecule is CC1CCN(CCO)CCO1.[HH]. The van der Waals surface area contributed by atoms with Gasteiger partial charge in [-0.05, 0) is 13.3 Å². The van der Waals surface area contributed by atoms with Crippen molar-refractivity contribution < 1.29 is 11.3 Å². The van der Waals surface area contributed by atoms with Crippen LogP contribution in [-0.4, -0.2) is 49.0 Å².